The Kier molecular flexibility index (Phi) is 6.46. The van der Waals surface area contributed by atoms with E-state index in [4.69, 9.17) is 4.74 Å². The van der Waals surface area contributed by atoms with E-state index in [1.54, 1.807) is 0 Å². The maximum absolute atomic E-state index is 12.8. The summed E-state index contributed by atoms with van der Waals surface area (Å²) in [6.07, 6.45) is 0. The third-order valence-electron chi connectivity index (χ3n) is 4.97. The van der Waals surface area contributed by atoms with Gasteiger partial charge >= 0.3 is 164 Å². The van der Waals surface area contributed by atoms with Gasteiger partial charge in [0.15, 0.2) is 0 Å². The Morgan fingerprint density at radius 3 is 2.15 bits per heavy atom. The molecule has 0 aromatic heterocycles. The van der Waals surface area contributed by atoms with Crippen LogP contribution in [0.5, 0.6) is 0 Å². The molecule has 1 fully saturated rings. The van der Waals surface area contributed by atoms with Gasteiger partial charge in [-0.25, -0.2) is 0 Å². The number of aliphatic hydroxyl groups is 2. The fourth-order valence-electron chi connectivity index (χ4n) is 3.64. The summed E-state index contributed by atoms with van der Waals surface area (Å²) in [5, 5.41) is 20.2. The topological polar surface area (TPSA) is 66.8 Å². The molecule has 1 saturated carbocycles. The minimum absolute atomic E-state index is 0.0146. The number of rotatable bonds is 7. The fourth-order valence-corrected chi connectivity index (χ4v) is 11.0. The fraction of sp³-hybridized carbons (Fsp3) is 0.650. The first-order chi connectivity index (χ1) is 12.0. The summed E-state index contributed by atoms with van der Waals surface area (Å²) >= 11 is 0.183. The summed E-state index contributed by atoms with van der Waals surface area (Å²) in [6, 6.07) is 10.4. The maximum atomic E-state index is 12.8. The van der Waals surface area contributed by atoms with Crippen LogP contribution in [0.1, 0.15) is 20.8 Å². The first kappa shape index (κ1) is 21.6. The average Bonchev–Trinajstić information content (AvgIpc) is 3.20. The van der Waals surface area contributed by atoms with Crippen LogP contribution < -0.4 is 4.46 Å². The Hall–Kier alpha value is -0.654. The van der Waals surface area contributed by atoms with Crippen molar-refractivity contribution in [2.45, 2.75) is 50.5 Å². The Bertz CT molecular complexity index is 617. The summed E-state index contributed by atoms with van der Waals surface area (Å²) in [7, 11) is -1.64. The van der Waals surface area contributed by atoms with Crippen LogP contribution in [-0.2, 0) is 9.53 Å². The van der Waals surface area contributed by atoms with Gasteiger partial charge in [-0.1, -0.05) is 0 Å². The molecule has 0 amide bonds. The standard InChI is InChI=1S/C20H32O4SeSi/c1-19(2,3)24-17(23)15-16(20(15,12-21)13-22)18(26(4,5)6)25-14-10-8-7-9-11-14/h7-11,15-16,18,21-22H,12-13H2,1-6H3/t15-,16+,18-/m0/s1. The molecule has 1 aromatic carbocycles. The van der Waals surface area contributed by atoms with E-state index in [9.17, 15) is 15.0 Å². The molecule has 2 rings (SSSR count). The average molecular weight is 444 g/mol. The van der Waals surface area contributed by atoms with Gasteiger partial charge in [0, 0.05) is 0 Å². The van der Waals surface area contributed by atoms with Gasteiger partial charge in [0.05, 0.1) is 0 Å². The molecule has 6 heteroatoms. The van der Waals surface area contributed by atoms with Crippen molar-refractivity contribution in [1.29, 1.82) is 0 Å². The second kappa shape index (κ2) is 7.76. The van der Waals surface area contributed by atoms with E-state index in [2.05, 4.69) is 31.8 Å². The van der Waals surface area contributed by atoms with E-state index in [1.807, 2.05) is 39.0 Å². The van der Waals surface area contributed by atoms with Crippen LogP contribution in [0.15, 0.2) is 30.3 Å². The third-order valence-corrected chi connectivity index (χ3v) is 14.4. The van der Waals surface area contributed by atoms with Gasteiger partial charge < -0.3 is 0 Å². The zero-order valence-electron chi connectivity index (χ0n) is 16.7. The van der Waals surface area contributed by atoms with E-state index in [-0.39, 0.29) is 40.1 Å². The molecule has 4 nitrogen and oxygen atoms in total. The van der Waals surface area contributed by atoms with Gasteiger partial charge in [-0.15, -0.1) is 0 Å². The van der Waals surface area contributed by atoms with E-state index in [0.717, 1.165) is 0 Å². The molecule has 0 unspecified atom stereocenters. The van der Waals surface area contributed by atoms with Crippen LogP contribution in [0, 0.1) is 17.3 Å². The molecule has 1 aromatic rings. The van der Waals surface area contributed by atoms with Gasteiger partial charge in [0.25, 0.3) is 0 Å². The van der Waals surface area contributed by atoms with Crippen molar-refractivity contribution in [2.24, 2.45) is 17.3 Å². The predicted octanol–water partition coefficient (Wildman–Crippen LogP) is 2.24. The summed E-state index contributed by atoms with van der Waals surface area (Å²) in [4.78, 5) is 12.8. The number of aliphatic hydroxyl groups excluding tert-OH is 2. The Morgan fingerprint density at radius 2 is 1.73 bits per heavy atom. The molecule has 26 heavy (non-hydrogen) atoms. The van der Waals surface area contributed by atoms with E-state index in [0.29, 0.717) is 4.44 Å². The SMILES string of the molecule is CC(C)(C)OC(=O)[C@@H]1[C@H]([C@@H]([Se]c2ccccc2)[Si](C)(C)C)C1(CO)CO. The van der Waals surface area contributed by atoms with Gasteiger partial charge in [-0.3, -0.25) is 0 Å². The monoisotopic (exact) mass is 444 g/mol. The van der Waals surface area contributed by atoms with Crippen LogP contribution in [0.3, 0.4) is 0 Å². The zero-order chi connectivity index (χ0) is 19.8. The van der Waals surface area contributed by atoms with Gasteiger partial charge in [0.2, 0.25) is 0 Å². The summed E-state index contributed by atoms with van der Waals surface area (Å²) < 4.78 is 7.27. The Labute approximate surface area is 164 Å². The summed E-state index contributed by atoms with van der Waals surface area (Å²) in [6.45, 7) is 12.1. The molecule has 3 atom stereocenters. The molecule has 1 aliphatic rings. The third kappa shape index (κ3) is 4.60. The molecular formula is C20H32O4SeSi. The van der Waals surface area contributed by atoms with Crippen molar-refractivity contribution < 1.29 is 19.7 Å². The minimum atomic E-state index is -1.64. The van der Waals surface area contributed by atoms with E-state index in [1.165, 1.54) is 4.46 Å². The van der Waals surface area contributed by atoms with Crippen molar-refractivity contribution in [2.75, 3.05) is 13.2 Å². The van der Waals surface area contributed by atoms with Crippen molar-refractivity contribution in [3.8, 4) is 0 Å². The summed E-state index contributed by atoms with van der Waals surface area (Å²) in [5.74, 6) is -0.712. The van der Waals surface area contributed by atoms with Crippen molar-refractivity contribution >= 4 is 33.5 Å². The molecule has 0 aliphatic heterocycles. The second-order valence-corrected chi connectivity index (χ2v) is 18.1. The van der Waals surface area contributed by atoms with Gasteiger partial charge in [-0.05, 0) is 0 Å². The van der Waals surface area contributed by atoms with Crippen molar-refractivity contribution in [1.82, 2.24) is 0 Å². The number of ether oxygens (including phenoxy) is 1. The Balaban J connectivity index is 2.34. The predicted molar refractivity (Wildman–Crippen MR) is 108 cm³/mol. The van der Waals surface area contributed by atoms with Gasteiger partial charge in [-0.2, -0.15) is 0 Å². The zero-order valence-corrected chi connectivity index (χ0v) is 19.4. The van der Waals surface area contributed by atoms with Crippen LogP contribution in [0.2, 0.25) is 24.1 Å². The number of hydrogen-bond donors (Lipinski definition) is 2. The molecule has 0 radical (unpaired) electrons. The number of carbonyl (C=O) groups excluding carboxylic acids is 1. The number of carbonyl (C=O) groups is 1. The second-order valence-electron chi connectivity index (χ2n) is 9.30. The number of benzene rings is 1. The molecule has 0 spiro atoms. The number of esters is 1. The normalized spacial score (nSPS) is 23.4. The molecule has 146 valence electrons. The molecule has 0 saturated heterocycles. The number of hydrogen-bond acceptors (Lipinski definition) is 4. The van der Waals surface area contributed by atoms with Crippen LogP contribution in [-0.4, -0.2) is 58.0 Å². The van der Waals surface area contributed by atoms with Crippen LogP contribution in [0.4, 0.5) is 0 Å². The molecule has 0 heterocycles. The first-order valence-corrected chi connectivity index (χ1v) is 14.5. The van der Waals surface area contributed by atoms with E-state index < -0.39 is 25.0 Å². The van der Waals surface area contributed by atoms with E-state index >= 15 is 0 Å². The quantitative estimate of drug-likeness (QED) is 0.501. The summed E-state index contributed by atoms with van der Waals surface area (Å²) in [5.41, 5.74) is -1.32. The van der Waals surface area contributed by atoms with Crippen LogP contribution in [0.25, 0.3) is 0 Å². The van der Waals surface area contributed by atoms with Crippen molar-refractivity contribution in [3.63, 3.8) is 0 Å². The first-order valence-electron chi connectivity index (χ1n) is 9.12. The molecule has 1 aliphatic carbocycles. The van der Waals surface area contributed by atoms with Crippen molar-refractivity contribution in [3.05, 3.63) is 30.3 Å². The molecule has 2 N–H and O–H groups in total. The molecule has 0 bridgehead atoms. The van der Waals surface area contributed by atoms with Crippen LogP contribution >= 0.6 is 0 Å². The molecular weight excluding hydrogens is 411 g/mol. The van der Waals surface area contributed by atoms with Gasteiger partial charge in [0.1, 0.15) is 0 Å². The Morgan fingerprint density at radius 1 is 1.19 bits per heavy atom.